The lowest BCUT2D eigenvalue weighted by molar-refractivity contribution is -0.302. The highest BCUT2D eigenvalue weighted by Gasteiger charge is 2.55. The van der Waals surface area contributed by atoms with E-state index in [2.05, 4.69) is 0 Å². The SMILES string of the molecule is CC(=O)O[C@H]1O[C@H](COC(=O)C(C)(C)C)[C@@H](OC(=O)C(C)(C)C)[C@H](OC(=O)C(C)(C)C)[C@H]1OC(C)=O. The standard InChI is InChI=1S/C25H40O11/c1-13(26)32-18-17(36-22(30)25(9,10)11)16(35-21(29)24(6,7)8)15(34-19(18)33-14(2)27)12-31-20(28)23(3,4)5/h15-19H,12H2,1-11H3/t15-,16-,17+,18-,19+/m1/s1. The molecule has 1 aliphatic rings. The van der Waals surface area contributed by atoms with E-state index < -0.39 is 83.4 Å². The molecule has 11 nitrogen and oxygen atoms in total. The third-order valence-electron chi connectivity index (χ3n) is 4.88. The van der Waals surface area contributed by atoms with E-state index in [9.17, 15) is 24.0 Å². The Morgan fingerprint density at radius 3 is 1.39 bits per heavy atom. The Hall–Kier alpha value is -2.69. The number of carbonyl (C=O) groups is 5. The van der Waals surface area contributed by atoms with Gasteiger partial charge in [0, 0.05) is 13.8 Å². The smallest absolute Gasteiger partial charge is 0.311 e. The van der Waals surface area contributed by atoms with Crippen molar-refractivity contribution in [2.24, 2.45) is 16.2 Å². The molecule has 0 aromatic carbocycles. The first-order valence-electron chi connectivity index (χ1n) is 11.7. The van der Waals surface area contributed by atoms with Crippen LogP contribution < -0.4 is 0 Å². The van der Waals surface area contributed by atoms with Crippen LogP contribution in [0.5, 0.6) is 0 Å². The van der Waals surface area contributed by atoms with Crippen LogP contribution in [0, 0.1) is 16.2 Å². The molecule has 1 saturated heterocycles. The molecule has 0 saturated carbocycles. The van der Waals surface area contributed by atoms with E-state index in [4.69, 9.17) is 28.4 Å². The van der Waals surface area contributed by atoms with Crippen LogP contribution in [0.2, 0.25) is 0 Å². The van der Waals surface area contributed by atoms with Gasteiger partial charge in [-0.25, -0.2) is 0 Å². The van der Waals surface area contributed by atoms with Crippen LogP contribution >= 0.6 is 0 Å². The van der Waals surface area contributed by atoms with Crippen LogP contribution in [0.4, 0.5) is 0 Å². The van der Waals surface area contributed by atoms with E-state index in [1.807, 2.05) is 0 Å². The van der Waals surface area contributed by atoms with Crippen LogP contribution in [-0.2, 0) is 52.4 Å². The summed E-state index contributed by atoms with van der Waals surface area (Å²) in [5, 5.41) is 0. The van der Waals surface area contributed by atoms with E-state index in [0.717, 1.165) is 13.8 Å². The summed E-state index contributed by atoms with van der Waals surface area (Å²) in [4.78, 5) is 61.9. The zero-order valence-corrected chi connectivity index (χ0v) is 23.1. The van der Waals surface area contributed by atoms with Gasteiger partial charge in [0.1, 0.15) is 12.7 Å². The van der Waals surface area contributed by atoms with Crippen molar-refractivity contribution in [3.8, 4) is 0 Å². The highest BCUT2D eigenvalue weighted by Crippen LogP contribution is 2.33. The maximum absolute atomic E-state index is 12.9. The topological polar surface area (TPSA) is 141 Å². The molecule has 0 N–H and O–H groups in total. The van der Waals surface area contributed by atoms with Crippen molar-refractivity contribution >= 4 is 29.8 Å². The lowest BCUT2D eigenvalue weighted by Crippen LogP contribution is -2.64. The van der Waals surface area contributed by atoms with Gasteiger partial charge in [-0.15, -0.1) is 0 Å². The summed E-state index contributed by atoms with van der Waals surface area (Å²) in [5.41, 5.74) is -2.79. The molecule has 0 bridgehead atoms. The minimum Gasteiger partial charge on any atom is -0.462 e. The first-order valence-corrected chi connectivity index (χ1v) is 11.7. The number of esters is 5. The molecule has 1 rings (SSSR count). The van der Waals surface area contributed by atoms with Gasteiger partial charge < -0.3 is 28.4 Å². The van der Waals surface area contributed by atoms with Crippen molar-refractivity contribution in [2.45, 2.75) is 107 Å². The Kier molecular flexibility index (Phi) is 10.1. The van der Waals surface area contributed by atoms with Gasteiger partial charge in [-0.3, -0.25) is 24.0 Å². The summed E-state index contributed by atoms with van der Waals surface area (Å²) in [6.45, 7) is 16.5. The largest absolute Gasteiger partial charge is 0.462 e. The van der Waals surface area contributed by atoms with Crippen molar-refractivity contribution in [1.82, 2.24) is 0 Å². The minimum atomic E-state index is -1.54. The van der Waals surface area contributed by atoms with E-state index in [-0.39, 0.29) is 0 Å². The summed E-state index contributed by atoms with van der Waals surface area (Å²) in [6, 6.07) is 0. The van der Waals surface area contributed by atoms with Crippen LogP contribution in [-0.4, -0.2) is 67.2 Å². The van der Waals surface area contributed by atoms with Gasteiger partial charge in [-0.1, -0.05) is 0 Å². The molecule has 1 heterocycles. The van der Waals surface area contributed by atoms with E-state index in [1.165, 1.54) is 0 Å². The van der Waals surface area contributed by atoms with Crippen LogP contribution in [0.3, 0.4) is 0 Å². The van der Waals surface area contributed by atoms with Gasteiger partial charge in [0.25, 0.3) is 0 Å². The summed E-state index contributed by atoms with van der Waals surface area (Å²) < 4.78 is 33.2. The van der Waals surface area contributed by atoms with Gasteiger partial charge in [-0.05, 0) is 62.3 Å². The second-order valence-corrected chi connectivity index (χ2v) is 11.8. The predicted octanol–water partition coefficient (Wildman–Crippen LogP) is 2.71. The maximum atomic E-state index is 12.9. The molecule has 0 amide bonds. The Labute approximate surface area is 212 Å². The number of carbonyl (C=O) groups excluding carboxylic acids is 5. The quantitative estimate of drug-likeness (QED) is 0.380. The molecule has 11 heteroatoms. The molecule has 0 aliphatic carbocycles. The third kappa shape index (κ3) is 9.07. The van der Waals surface area contributed by atoms with Gasteiger partial charge in [-0.2, -0.15) is 0 Å². The molecular formula is C25H40O11. The summed E-state index contributed by atoms with van der Waals surface area (Å²) in [5.74, 6) is -3.49. The van der Waals surface area contributed by atoms with Crippen molar-refractivity contribution in [3.63, 3.8) is 0 Å². The van der Waals surface area contributed by atoms with Gasteiger partial charge in [0.15, 0.2) is 12.2 Å². The molecule has 206 valence electrons. The molecular weight excluding hydrogens is 476 g/mol. The molecule has 0 unspecified atom stereocenters. The molecule has 36 heavy (non-hydrogen) atoms. The first kappa shape index (κ1) is 31.3. The average molecular weight is 517 g/mol. The monoisotopic (exact) mass is 516 g/mol. The fourth-order valence-corrected chi connectivity index (χ4v) is 2.84. The third-order valence-corrected chi connectivity index (χ3v) is 4.88. The fraction of sp³-hybridized carbons (Fsp3) is 0.800. The van der Waals surface area contributed by atoms with E-state index in [0.29, 0.717) is 0 Å². The first-order chi connectivity index (χ1) is 16.1. The van der Waals surface area contributed by atoms with Crippen LogP contribution in [0.15, 0.2) is 0 Å². The molecule has 0 radical (unpaired) electrons. The minimum absolute atomic E-state index is 0.424. The maximum Gasteiger partial charge on any atom is 0.311 e. The zero-order valence-electron chi connectivity index (χ0n) is 23.1. The normalized spacial score (nSPS) is 24.8. The predicted molar refractivity (Wildman–Crippen MR) is 125 cm³/mol. The average Bonchev–Trinajstić information content (AvgIpc) is 2.67. The van der Waals surface area contributed by atoms with Gasteiger partial charge in [0.2, 0.25) is 12.4 Å². The van der Waals surface area contributed by atoms with Crippen LogP contribution in [0.1, 0.15) is 76.2 Å². The van der Waals surface area contributed by atoms with E-state index in [1.54, 1.807) is 62.3 Å². The zero-order chi connectivity index (χ0) is 28.2. The molecule has 1 aliphatic heterocycles. The van der Waals surface area contributed by atoms with Crippen molar-refractivity contribution < 1.29 is 52.4 Å². The van der Waals surface area contributed by atoms with Gasteiger partial charge in [0.05, 0.1) is 16.2 Å². The Bertz CT molecular complexity index is 842. The highest BCUT2D eigenvalue weighted by molar-refractivity contribution is 5.77. The number of hydrogen-bond acceptors (Lipinski definition) is 11. The molecule has 0 aromatic heterocycles. The molecule has 1 fully saturated rings. The Balaban J connectivity index is 3.58. The Morgan fingerprint density at radius 1 is 0.583 bits per heavy atom. The number of rotatable bonds is 6. The number of hydrogen-bond donors (Lipinski definition) is 0. The van der Waals surface area contributed by atoms with Crippen molar-refractivity contribution in [1.29, 1.82) is 0 Å². The molecule has 5 atom stereocenters. The lowest BCUT2D eigenvalue weighted by Gasteiger charge is -2.44. The summed E-state index contributed by atoms with van der Waals surface area (Å²) in [7, 11) is 0. The lowest BCUT2D eigenvalue weighted by atomic mass is 9.93. The fourth-order valence-electron chi connectivity index (χ4n) is 2.84. The highest BCUT2D eigenvalue weighted by atomic mass is 16.7. The van der Waals surface area contributed by atoms with Gasteiger partial charge >= 0.3 is 29.8 Å². The second kappa shape index (κ2) is 11.6. The molecule has 0 aromatic rings. The summed E-state index contributed by atoms with van der Waals surface area (Å²) >= 11 is 0. The van der Waals surface area contributed by atoms with E-state index >= 15 is 0 Å². The number of ether oxygens (including phenoxy) is 6. The molecule has 0 spiro atoms. The Morgan fingerprint density at radius 2 is 1.00 bits per heavy atom. The van der Waals surface area contributed by atoms with Crippen LogP contribution in [0.25, 0.3) is 0 Å². The summed E-state index contributed by atoms with van der Waals surface area (Å²) in [6.07, 6.45) is -7.04. The second-order valence-electron chi connectivity index (χ2n) is 11.8. The van der Waals surface area contributed by atoms with Crippen molar-refractivity contribution in [3.05, 3.63) is 0 Å². The van der Waals surface area contributed by atoms with Crippen molar-refractivity contribution in [2.75, 3.05) is 6.61 Å².